The van der Waals surface area contributed by atoms with Gasteiger partial charge in [-0.1, -0.05) is 0 Å². The highest BCUT2D eigenvalue weighted by Crippen LogP contribution is 2.22. The van der Waals surface area contributed by atoms with E-state index in [1.165, 1.54) is 0 Å². The van der Waals surface area contributed by atoms with Gasteiger partial charge in [0.25, 0.3) is 0 Å². The minimum Gasteiger partial charge on any atom is -0.381 e. The Morgan fingerprint density at radius 1 is 1.33 bits per heavy atom. The predicted molar refractivity (Wildman–Crippen MR) is 66.0 cm³/mol. The van der Waals surface area contributed by atoms with Crippen LogP contribution in [0.5, 0.6) is 0 Å². The summed E-state index contributed by atoms with van der Waals surface area (Å²) < 4.78 is 0.948. The fourth-order valence-electron chi connectivity index (χ4n) is 1.43. The van der Waals surface area contributed by atoms with Crippen molar-refractivity contribution in [1.82, 2.24) is 9.97 Å². The van der Waals surface area contributed by atoms with Gasteiger partial charge in [0.2, 0.25) is 0 Å². The molecule has 0 unspecified atom stereocenters. The second-order valence-corrected chi connectivity index (χ2v) is 4.59. The Bertz CT molecular complexity index is 482. The van der Waals surface area contributed by atoms with Gasteiger partial charge in [-0.2, -0.15) is 0 Å². The molecule has 0 aliphatic carbocycles. The fraction of sp³-hybridized carbons (Fsp3) is 0.273. The number of nitrogens with one attached hydrogen (secondary N) is 1. The van der Waals surface area contributed by atoms with Crippen molar-refractivity contribution >= 4 is 32.7 Å². The molecule has 0 spiro atoms. The summed E-state index contributed by atoms with van der Waals surface area (Å²) in [7, 11) is 0. The third kappa shape index (κ3) is 2.26. The molecule has 0 aliphatic heterocycles. The van der Waals surface area contributed by atoms with Gasteiger partial charge in [0.15, 0.2) is 0 Å². The van der Waals surface area contributed by atoms with Crippen molar-refractivity contribution in [1.29, 1.82) is 0 Å². The van der Waals surface area contributed by atoms with E-state index in [4.69, 9.17) is 0 Å². The summed E-state index contributed by atoms with van der Waals surface area (Å²) in [4.78, 5) is 8.64. The highest BCUT2D eigenvalue weighted by molar-refractivity contribution is 9.10. The number of pyridine rings is 2. The number of hydrogen-bond donors (Lipinski definition) is 1. The first kappa shape index (κ1) is 10.4. The number of nitrogens with zero attached hydrogens (tertiary/aromatic N) is 2. The summed E-state index contributed by atoms with van der Waals surface area (Å²) in [5, 5.41) is 3.35. The van der Waals surface area contributed by atoms with E-state index in [1.807, 2.05) is 12.1 Å². The SMILES string of the molecule is CC(C)Nc1ccnc2cc(Br)cnc12. The van der Waals surface area contributed by atoms with Gasteiger partial charge in [0.05, 0.1) is 11.2 Å². The Labute approximate surface area is 97.1 Å². The van der Waals surface area contributed by atoms with Crippen molar-refractivity contribution in [2.75, 3.05) is 5.32 Å². The van der Waals surface area contributed by atoms with E-state index in [1.54, 1.807) is 12.4 Å². The first-order chi connectivity index (χ1) is 7.16. The molecule has 0 saturated heterocycles. The zero-order chi connectivity index (χ0) is 10.8. The van der Waals surface area contributed by atoms with Crippen LogP contribution in [0.25, 0.3) is 11.0 Å². The molecule has 0 aromatic carbocycles. The number of aromatic nitrogens is 2. The smallest absolute Gasteiger partial charge is 0.112 e. The van der Waals surface area contributed by atoms with Crippen LogP contribution in [0.3, 0.4) is 0 Å². The Hall–Kier alpha value is -1.16. The van der Waals surface area contributed by atoms with Crippen LogP contribution >= 0.6 is 15.9 Å². The summed E-state index contributed by atoms with van der Waals surface area (Å²) in [5.41, 5.74) is 2.84. The lowest BCUT2D eigenvalue weighted by molar-refractivity contribution is 0.900. The third-order valence-corrected chi connectivity index (χ3v) is 2.42. The van der Waals surface area contributed by atoms with E-state index in [0.717, 1.165) is 21.2 Å². The van der Waals surface area contributed by atoms with Gasteiger partial charge >= 0.3 is 0 Å². The van der Waals surface area contributed by atoms with E-state index in [0.29, 0.717) is 6.04 Å². The van der Waals surface area contributed by atoms with E-state index in [2.05, 4.69) is 45.1 Å². The topological polar surface area (TPSA) is 37.8 Å². The summed E-state index contributed by atoms with van der Waals surface area (Å²) in [6, 6.07) is 4.30. The molecule has 0 bridgehead atoms. The standard InChI is InChI=1S/C11H12BrN3/c1-7(2)15-9-3-4-13-10-5-8(12)6-14-11(9)10/h3-7H,1-2H3,(H,13,15). The number of rotatable bonds is 2. The average Bonchev–Trinajstić information content (AvgIpc) is 2.16. The third-order valence-electron chi connectivity index (χ3n) is 1.99. The Balaban J connectivity index is 2.56. The van der Waals surface area contributed by atoms with Crippen LogP contribution in [-0.2, 0) is 0 Å². The maximum Gasteiger partial charge on any atom is 0.112 e. The van der Waals surface area contributed by atoms with Gasteiger partial charge in [-0.05, 0) is 41.9 Å². The molecule has 2 aromatic heterocycles. The molecule has 2 aromatic rings. The van der Waals surface area contributed by atoms with E-state index in [9.17, 15) is 0 Å². The first-order valence-electron chi connectivity index (χ1n) is 4.83. The molecule has 0 saturated carbocycles. The van der Waals surface area contributed by atoms with Gasteiger partial charge in [-0.25, -0.2) is 0 Å². The number of halogens is 1. The number of anilines is 1. The summed E-state index contributed by atoms with van der Waals surface area (Å²) >= 11 is 3.38. The molecule has 0 fully saturated rings. The molecule has 78 valence electrons. The van der Waals surface area contributed by atoms with Crippen molar-refractivity contribution in [2.24, 2.45) is 0 Å². The summed E-state index contributed by atoms with van der Waals surface area (Å²) in [5.74, 6) is 0. The molecule has 0 amide bonds. The van der Waals surface area contributed by atoms with Crippen LogP contribution in [0.4, 0.5) is 5.69 Å². The van der Waals surface area contributed by atoms with Crippen LogP contribution in [0.15, 0.2) is 29.0 Å². The molecule has 0 atom stereocenters. The molecule has 3 nitrogen and oxygen atoms in total. The lowest BCUT2D eigenvalue weighted by atomic mass is 10.2. The first-order valence-corrected chi connectivity index (χ1v) is 5.63. The van der Waals surface area contributed by atoms with Crippen LogP contribution in [0, 0.1) is 0 Å². The molecular weight excluding hydrogens is 254 g/mol. The molecule has 15 heavy (non-hydrogen) atoms. The van der Waals surface area contributed by atoms with Crippen LogP contribution < -0.4 is 5.32 Å². The minimum absolute atomic E-state index is 0.390. The normalized spacial score (nSPS) is 10.9. The van der Waals surface area contributed by atoms with Gasteiger partial charge in [-0.3, -0.25) is 9.97 Å². The van der Waals surface area contributed by atoms with E-state index >= 15 is 0 Å². The molecule has 1 N–H and O–H groups in total. The summed E-state index contributed by atoms with van der Waals surface area (Å²) in [6.07, 6.45) is 3.58. The quantitative estimate of drug-likeness (QED) is 0.906. The lowest BCUT2D eigenvalue weighted by Gasteiger charge is -2.11. The largest absolute Gasteiger partial charge is 0.381 e. The zero-order valence-corrected chi connectivity index (χ0v) is 10.2. The number of fused-ring (bicyclic) bond motifs is 1. The van der Waals surface area contributed by atoms with Crippen LogP contribution in [0.1, 0.15) is 13.8 Å². The summed E-state index contributed by atoms with van der Waals surface area (Å²) in [6.45, 7) is 4.20. The van der Waals surface area contributed by atoms with Gasteiger partial charge < -0.3 is 5.32 Å². The second kappa shape index (κ2) is 4.14. The molecule has 0 aliphatic rings. The molecule has 2 heterocycles. The maximum atomic E-state index is 4.36. The van der Waals surface area contributed by atoms with E-state index in [-0.39, 0.29) is 0 Å². The number of hydrogen-bond acceptors (Lipinski definition) is 3. The van der Waals surface area contributed by atoms with Crippen molar-refractivity contribution in [3.05, 3.63) is 29.0 Å². The van der Waals surface area contributed by atoms with Gasteiger partial charge in [0.1, 0.15) is 5.52 Å². The maximum absolute atomic E-state index is 4.36. The van der Waals surface area contributed by atoms with Crippen LogP contribution in [0.2, 0.25) is 0 Å². The molecular formula is C11H12BrN3. The average molecular weight is 266 g/mol. The van der Waals surface area contributed by atoms with Gasteiger partial charge in [0, 0.05) is 22.9 Å². The Kier molecular flexibility index (Phi) is 2.86. The highest BCUT2D eigenvalue weighted by Gasteiger charge is 2.04. The monoisotopic (exact) mass is 265 g/mol. The Morgan fingerprint density at radius 2 is 2.13 bits per heavy atom. The predicted octanol–water partition coefficient (Wildman–Crippen LogP) is 3.21. The van der Waals surface area contributed by atoms with Crippen molar-refractivity contribution in [3.8, 4) is 0 Å². The van der Waals surface area contributed by atoms with Crippen molar-refractivity contribution in [3.63, 3.8) is 0 Å². The fourth-order valence-corrected chi connectivity index (χ4v) is 1.75. The molecule has 2 rings (SSSR count). The van der Waals surface area contributed by atoms with Gasteiger partial charge in [-0.15, -0.1) is 0 Å². The molecule has 4 heteroatoms. The molecule has 0 radical (unpaired) electrons. The Morgan fingerprint density at radius 3 is 2.87 bits per heavy atom. The van der Waals surface area contributed by atoms with Crippen molar-refractivity contribution in [2.45, 2.75) is 19.9 Å². The lowest BCUT2D eigenvalue weighted by Crippen LogP contribution is -2.10. The second-order valence-electron chi connectivity index (χ2n) is 3.68. The van der Waals surface area contributed by atoms with Crippen LogP contribution in [-0.4, -0.2) is 16.0 Å². The zero-order valence-electron chi connectivity index (χ0n) is 8.66. The van der Waals surface area contributed by atoms with Crippen molar-refractivity contribution < 1.29 is 0 Å². The van der Waals surface area contributed by atoms with E-state index < -0.39 is 0 Å². The highest BCUT2D eigenvalue weighted by atomic mass is 79.9. The minimum atomic E-state index is 0.390.